The van der Waals surface area contributed by atoms with Crippen LogP contribution in [0.4, 0.5) is 4.39 Å². The Morgan fingerprint density at radius 3 is 2.35 bits per heavy atom. The summed E-state index contributed by atoms with van der Waals surface area (Å²) in [7, 11) is 0. The lowest BCUT2D eigenvalue weighted by molar-refractivity contribution is -0.122. The Labute approximate surface area is 141 Å². The predicted molar refractivity (Wildman–Crippen MR) is 89.5 cm³/mol. The van der Waals surface area contributed by atoms with Crippen molar-refractivity contribution in [3.63, 3.8) is 0 Å². The minimum Gasteiger partial charge on any atom is -0.347 e. The van der Waals surface area contributed by atoms with Gasteiger partial charge in [0.2, 0.25) is 5.91 Å². The third-order valence-corrected chi connectivity index (χ3v) is 6.16. The fraction of sp³-hybridized carbons (Fsp3) is 0.526. The van der Waals surface area contributed by atoms with Crippen molar-refractivity contribution in [3.8, 4) is 0 Å². The Bertz CT molecular complexity index is 614. The molecule has 0 heterocycles. The van der Waals surface area contributed by atoms with E-state index in [1.807, 2.05) is 0 Å². The van der Waals surface area contributed by atoms with Crippen LogP contribution in [-0.4, -0.2) is 11.4 Å². The van der Waals surface area contributed by atoms with Crippen LogP contribution < -0.4 is 5.32 Å². The van der Waals surface area contributed by atoms with Gasteiger partial charge in [0.05, 0.1) is 5.02 Å². The largest absolute Gasteiger partial charge is 0.347 e. The molecule has 2 nitrogen and oxygen atoms in total. The fourth-order valence-electron chi connectivity index (χ4n) is 5.40. The fourth-order valence-corrected chi connectivity index (χ4v) is 5.62. The average Bonchev–Trinajstić information content (AvgIpc) is 2.44. The van der Waals surface area contributed by atoms with Crippen LogP contribution in [0.3, 0.4) is 0 Å². The van der Waals surface area contributed by atoms with E-state index in [-0.39, 0.29) is 17.0 Å². The van der Waals surface area contributed by atoms with E-state index >= 15 is 0 Å². The first-order valence-corrected chi connectivity index (χ1v) is 8.85. The first-order chi connectivity index (χ1) is 11.0. The molecule has 4 aliphatic rings. The average molecular weight is 334 g/mol. The first kappa shape index (κ1) is 15.2. The molecule has 5 rings (SSSR count). The minimum atomic E-state index is -0.406. The number of carbonyl (C=O) groups excluding carboxylic acids is 1. The van der Waals surface area contributed by atoms with E-state index in [0.29, 0.717) is 5.02 Å². The lowest BCUT2D eigenvalue weighted by Crippen LogP contribution is -2.59. The zero-order valence-electron chi connectivity index (χ0n) is 13.0. The monoisotopic (exact) mass is 333 g/mol. The Morgan fingerprint density at radius 2 is 1.78 bits per heavy atom. The first-order valence-electron chi connectivity index (χ1n) is 8.47. The normalized spacial score (nSPS) is 35.0. The standard InChI is InChI=1S/C19H21ClFNO/c20-16-2-1-3-17(21)15(16)4-5-18(23)22-19-9-12-6-13(10-19)8-14(7-12)11-19/h1-5,12-14H,6-11H2,(H,22,23). The van der Waals surface area contributed by atoms with Crippen LogP contribution in [0.5, 0.6) is 0 Å². The molecule has 4 heteroatoms. The highest BCUT2D eigenvalue weighted by atomic mass is 35.5. The zero-order chi connectivity index (χ0) is 16.0. The molecule has 0 saturated heterocycles. The van der Waals surface area contributed by atoms with Gasteiger partial charge in [0.1, 0.15) is 5.82 Å². The molecule has 1 N–H and O–H groups in total. The van der Waals surface area contributed by atoms with Gasteiger partial charge < -0.3 is 5.32 Å². The number of hydrogen-bond acceptors (Lipinski definition) is 1. The molecule has 4 saturated carbocycles. The second kappa shape index (κ2) is 5.62. The smallest absolute Gasteiger partial charge is 0.244 e. The zero-order valence-corrected chi connectivity index (χ0v) is 13.8. The van der Waals surface area contributed by atoms with Crippen molar-refractivity contribution in [2.75, 3.05) is 0 Å². The highest BCUT2D eigenvalue weighted by Gasteiger charge is 2.51. The molecule has 0 aliphatic heterocycles. The van der Waals surface area contributed by atoms with Gasteiger partial charge in [-0.2, -0.15) is 0 Å². The van der Waals surface area contributed by atoms with Gasteiger partial charge in [-0.3, -0.25) is 4.79 Å². The van der Waals surface area contributed by atoms with E-state index in [0.717, 1.165) is 37.0 Å². The molecule has 0 radical (unpaired) electrons. The molecule has 1 amide bonds. The predicted octanol–water partition coefficient (Wildman–Crippen LogP) is 4.58. The van der Waals surface area contributed by atoms with E-state index in [1.165, 1.54) is 37.5 Å². The van der Waals surface area contributed by atoms with E-state index in [9.17, 15) is 9.18 Å². The van der Waals surface area contributed by atoms with Crippen molar-refractivity contribution in [2.24, 2.45) is 17.8 Å². The Kier molecular flexibility index (Phi) is 3.72. The van der Waals surface area contributed by atoms with Gasteiger partial charge in [0.25, 0.3) is 0 Å². The van der Waals surface area contributed by atoms with Gasteiger partial charge in [-0.05, 0) is 74.5 Å². The number of halogens is 2. The summed E-state index contributed by atoms with van der Waals surface area (Å²) >= 11 is 5.99. The summed E-state index contributed by atoms with van der Waals surface area (Å²) < 4.78 is 13.8. The lowest BCUT2D eigenvalue weighted by Gasteiger charge is -2.56. The minimum absolute atomic E-state index is 0.0187. The maximum atomic E-state index is 13.8. The van der Waals surface area contributed by atoms with Crippen LogP contribution in [0, 0.1) is 23.6 Å². The molecule has 0 atom stereocenters. The summed E-state index contributed by atoms with van der Waals surface area (Å²) in [4.78, 5) is 12.4. The van der Waals surface area contributed by atoms with Crippen LogP contribution in [0.2, 0.25) is 5.02 Å². The molecule has 4 aliphatic carbocycles. The van der Waals surface area contributed by atoms with Crippen LogP contribution in [0.25, 0.3) is 6.08 Å². The molecular weight excluding hydrogens is 313 g/mol. The Morgan fingerprint density at radius 1 is 1.17 bits per heavy atom. The van der Waals surface area contributed by atoms with E-state index in [2.05, 4.69) is 5.32 Å². The number of nitrogens with one attached hydrogen (secondary N) is 1. The lowest BCUT2D eigenvalue weighted by atomic mass is 9.53. The third kappa shape index (κ3) is 2.91. The highest BCUT2D eigenvalue weighted by molar-refractivity contribution is 6.32. The molecule has 23 heavy (non-hydrogen) atoms. The number of benzene rings is 1. The molecule has 1 aromatic carbocycles. The van der Waals surface area contributed by atoms with E-state index < -0.39 is 5.82 Å². The van der Waals surface area contributed by atoms with Crippen molar-refractivity contribution in [1.82, 2.24) is 5.32 Å². The Balaban J connectivity index is 1.47. The van der Waals surface area contributed by atoms with Crippen LogP contribution in [0.15, 0.2) is 24.3 Å². The van der Waals surface area contributed by atoms with Gasteiger partial charge in [-0.25, -0.2) is 4.39 Å². The molecular formula is C19H21ClFNO. The summed E-state index contributed by atoms with van der Waals surface area (Å²) in [5.74, 6) is 1.81. The number of rotatable bonds is 3. The van der Waals surface area contributed by atoms with Crippen LogP contribution in [0.1, 0.15) is 44.1 Å². The highest BCUT2D eigenvalue weighted by Crippen LogP contribution is 2.55. The molecule has 122 valence electrons. The van der Waals surface area contributed by atoms with Gasteiger partial charge in [-0.1, -0.05) is 17.7 Å². The van der Waals surface area contributed by atoms with Gasteiger partial charge in [0, 0.05) is 17.2 Å². The molecule has 4 bridgehead atoms. The summed E-state index contributed by atoms with van der Waals surface area (Å²) in [5.41, 5.74) is 0.254. The number of amides is 1. The van der Waals surface area contributed by atoms with Gasteiger partial charge in [-0.15, -0.1) is 0 Å². The maximum absolute atomic E-state index is 13.8. The molecule has 0 aromatic heterocycles. The van der Waals surface area contributed by atoms with Crippen molar-refractivity contribution in [2.45, 2.75) is 44.1 Å². The quantitative estimate of drug-likeness (QED) is 0.806. The van der Waals surface area contributed by atoms with E-state index in [4.69, 9.17) is 11.6 Å². The molecule has 0 unspecified atom stereocenters. The third-order valence-electron chi connectivity index (χ3n) is 5.83. The SMILES string of the molecule is O=C(C=Cc1c(F)cccc1Cl)NC12CC3CC(CC(C3)C1)C2. The van der Waals surface area contributed by atoms with Gasteiger partial charge >= 0.3 is 0 Å². The summed E-state index contributed by atoms with van der Waals surface area (Å²) in [6, 6.07) is 4.54. The number of hydrogen-bond donors (Lipinski definition) is 1. The number of carbonyl (C=O) groups is 1. The van der Waals surface area contributed by atoms with Crippen molar-refractivity contribution >= 4 is 23.6 Å². The van der Waals surface area contributed by atoms with Crippen molar-refractivity contribution in [3.05, 3.63) is 40.7 Å². The van der Waals surface area contributed by atoms with Crippen molar-refractivity contribution < 1.29 is 9.18 Å². The van der Waals surface area contributed by atoms with Crippen molar-refractivity contribution in [1.29, 1.82) is 0 Å². The van der Waals surface area contributed by atoms with Gasteiger partial charge in [0.15, 0.2) is 0 Å². The topological polar surface area (TPSA) is 29.1 Å². The van der Waals surface area contributed by atoms with Crippen LogP contribution in [-0.2, 0) is 4.79 Å². The second-order valence-electron chi connectivity index (χ2n) is 7.66. The summed E-state index contributed by atoms with van der Waals surface area (Å²) in [5, 5.41) is 3.57. The van der Waals surface area contributed by atoms with E-state index in [1.54, 1.807) is 12.1 Å². The second-order valence-corrected chi connectivity index (χ2v) is 8.06. The molecule has 4 fully saturated rings. The summed E-state index contributed by atoms with van der Waals surface area (Å²) in [6.07, 6.45) is 10.3. The molecule has 0 spiro atoms. The Hall–Kier alpha value is -1.35. The summed E-state index contributed by atoms with van der Waals surface area (Å²) in [6.45, 7) is 0. The molecule has 1 aromatic rings. The van der Waals surface area contributed by atoms with Crippen LogP contribution >= 0.6 is 11.6 Å². The maximum Gasteiger partial charge on any atom is 0.244 e.